The van der Waals surface area contributed by atoms with E-state index in [1.54, 1.807) is 6.20 Å². The summed E-state index contributed by atoms with van der Waals surface area (Å²) in [6.07, 6.45) is 7.28. The number of carbonyl (C=O) groups is 1. The first kappa shape index (κ1) is 16.9. The van der Waals surface area contributed by atoms with Crippen molar-refractivity contribution in [1.29, 1.82) is 0 Å². The second-order valence-electron chi connectivity index (χ2n) is 6.69. The van der Waals surface area contributed by atoms with Crippen LogP contribution in [0.1, 0.15) is 41.6 Å². The van der Waals surface area contributed by atoms with Gasteiger partial charge in [0.25, 0.3) is 11.5 Å². The van der Waals surface area contributed by atoms with Crippen molar-refractivity contribution in [1.82, 2.24) is 20.0 Å². The Balaban J connectivity index is 0.00000169. The number of hydrogen-bond acceptors (Lipinski definition) is 4. The molecule has 6 nitrogen and oxygen atoms in total. The molecule has 2 unspecified atom stereocenters. The summed E-state index contributed by atoms with van der Waals surface area (Å²) in [4.78, 5) is 29.3. The number of halogens is 1. The van der Waals surface area contributed by atoms with Crippen molar-refractivity contribution in [2.75, 3.05) is 0 Å². The average molecular weight is 349 g/mol. The summed E-state index contributed by atoms with van der Waals surface area (Å²) in [6, 6.07) is 4.80. The highest BCUT2D eigenvalue weighted by molar-refractivity contribution is 5.94. The topological polar surface area (TPSA) is 75.5 Å². The minimum absolute atomic E-state index is 0. The van der Waals surface area contributed by atoms with Crippen LogP contribution in [0.5, 0.6) is 0 Å². The van der Waals surface area contributed by atoms with Gasteiger partial charge in [0.2, 0.25) is 0 Å². The maximum absolute atomic E-state index is 12.5. The third-order valence-corrected chi connectivity index (χ3v) is 4.92. The summed E-state index contributed by atoms with van der Waals surface area (Å²) in [5.74, 6) is -0.316. The lowest BCUT2D eigenvalue weighted by atomic mass is 9.99. The Labute approximate surface area is 146 Å². The number of amides is 1. The van der Waals surface area contributed by atoms with Crippen LogP contribution in [0.15, 0.2) is 29.3 Å². The molecule has 4 heterocycles. The smallest absolute Gasteiger partial charge is 0.270 e. The van der Waals surface area contributed by atoms with Crippen molar-refractivity contribution in [2.24, 2.45) is 0 Å². The zero-order valence-electron chi connectivity index (χ0n) is 13.5. The Morgan fingerprint density at radius 2 is 2.04 bits per heavy atom. The van der Waals surface area contributed by atoms with Crippen LogP contribution in [0.3, 0.4) is 0 Å². The Morgan fingerprint density at radius 1 is 1.33 bits per heavy atom. The average Bonchev–Trinajstić information content (AvgIpc) is 2.86. The van der Waals surface area contributed by atoms with Crippen LogP contribution in [0.2, 0.25) is 0 Å². The molecule has 2 aromatic rings. The Hall–Kier alpha value is -1.92. The highest BCUT2D eigenvalue weighted by Gasteiger charge is 2.34. The largest absolute Gasteiger partial charge is 0.349 e. The highest BCUT2D eigenvalue weighted by atomic mass is 35.5. The van der Waals surface area contributed by atoms with E-state index in [1.165, 1.54) is 23.4 Å². The summed E-state index contributed by atoms with van der Waals surface area (Å²) in [7, 11) is 0. The molecule has 1 amide bonds. The molecule has 2 fully saturated rings. The third kappa shape index (κ3) is 3.03. The molecule has 0 radical (unpaired) electrons. The summed E-state index contributed by atoms with van der Waals surface area (Å²) < 4.78 is 1.42. The van der Waals surface area contributed by atoms with Crippen LogP contribution in [-0.4, -0.2) is 33.4 Å². The number of carbonyl (C=O) groups excluding carboxylic acids is 1. The Morgan fingerprint density at radius 3 is 2.75 bits per heavy atom. The SMILES string of the molecule is Cc1ccn2c(=O)c(C(=O)NC3CC4CCC(C3)N4)cnc2c1.Cl. The number of rotatable bonds is 2. The molecule has 2 aromatic heterocycles. The maximum atomic E-state index is 12.5. The molecule has 0 saturated carbocycles. The molecule has 2 aliphatic rings. The standard InChI is InChI=1S/C17H20N4O2.ClH/c1-10-4-5-21-15(6-10)18-9-14(17(21)23)16(22)20-13-7-11-2-3-12(8-13)19-11;/h4-6,9,11-13,19H,2-3,7-8H2,1H3,(H,20,22);1H. The van der Waals surface area contributed by atoms with Crippen LogP contribution < -0.4 is 16.2 Å². The van der Waals surface area contributed by atoms with E-state index in [9.17, 15) is 9.59 Å². The number of pyridine rings is 1. The first-order chi connectivity index (χ1) is 11.1. The zero-order chi connectivity index (χ0) is 16.0. The van der Waals surface area contributed by atoms with Gasteiger partial charge in [-0.15, -0.1) is 12.4 Å². The van der Waals surface area contributed by atoms with Crippen molar-refractivity contribution in [2.45, 2.75) is 50.7 Å². The van der Waals surface area contributed by atoms with Gasteiger partial charge in [-0.2, -0.15) is 0 Å². The van der Waals surface area contributed by atoms with Crippen molar-refractivity contribution in [3.63, 3.8) is 0 Å². The number of nitrogens with zero attached hydrogens (tertiary/aromatic N) is 2. The Kier molecular flexibility index (Phi) is 4.60. The van der Waals surface area contributed by atoms with E-state index >= 15 is 0 Å². The van der Waals surface area contributed by atoms with E-state index in [0.29, 0.717) is 17.7 Å². The number of aryl methyl sites for hydroxylation is 1. The van der Waals surface area contributed by atoms with Gasteiger partial charge in [-0.05, 0) is 50.3 Å². The van der Waals surface area contributed by atoms with Gasteiger partial charge < -0.3 is 10.6 Å². The molecule has 7 heteroatoms. The lowest BCUT2D eigenvalue weighted by Crippen LogP contribution is -2.48. The van der Waals surface area contributed by atoms with Crippen molar-refractivity contribution in [3.8, 4) is 0 Å². The third-order valence-electron chi connectivity index (χ3n) is 4.92. The summed E-state index contributed by atoms with van der Waals surface area (Å²) in [6.45, 7) is 1.94. The predicted octanol–water partition coefficient (Wildman–Crippen LogP) is 1.44. The van der Waals surface area contributed by atoms with Gasteiger partial charge in [0.15, 0.2) is 0 Å². The van der Waals surface area contributed by atoms with Crippen LogP contribution >= 0.6 is 12.4 Å². The minimum atomic E-state index is -0.316. The first-order valence-corrected chi connectivity index (χ1v) is 8.15. The van der Waals surface area contributed by atoms with E-state index in [1.807, 2.05) is 19.1 Å². The van der Waals surface area contributed by atoms with E-state index in [2.05, 4.69) is 15.6 Å². The van der Waals surface area contributed by atoms with Gasteiger partial charge in [-0.25, -0.2) is 4.98 Å². The Bertz CT molecular complexity index is 823. The molecule has 4 rings (SSSR count). The van der Waals surface area contributed by atoms with Gasteiger partial charge in [-0.3, -0.25) is 14.0 Å². The number of hydrogen-bond donors (Lipinski definition) is 2. The number of nitrogens with one attached hydrogen (secondary N) is 2. The highest BCUT2D eigenvalue weighted by Crippen LogP contribution is 2.26. The number of aromatic nitrogens is 2. The predicted molar refractivity (Wildman–Crippen MR) is 93.9 cm³/mol. The van der Waals surface area contributed by atoms with Crippen LogP contribution in [-0.2, 0) is 0 Å². The molecule has 0 aromatic carbocycles. The minimum Gasteiger partial charge on any atom is -0.349 e. The quantitative estimate of drug-likeness (QED) is 0.861. The monoisotopic (exact) mass is 348 g/mol. The van der Waals surface area contributed by atoms with E-state index < -0.39 is 0 Å². The maximum Gasteiger partial charge on any atom is 0.270 e. The van der Waals surface area contributed by atoms with E-state index in [-0.39, 0.29) is 35.5 Å². The number of piperidine rings is 1. The van der Waals surface area contributed by atoms with Gasteiger partial charge in [0.05, 0.1) is 0 Å². The molecule has 128 valence electrons. The summed E-state index contributed by atoms with van der Waals surface area (Å²) in [5, 5.41) is 6.57. The lowest BCUT2D eigenvalue weighted by Gasteiger charge is -2.29. The van der Waals surface area contributed by atoms with Gasteiger partial charge in [-0.1, -0.05) is 0 Å². The lowest BCUT2D eigenvalue weighted by molar-refractivity contribution is 0.0922. The second kappa shape index (κ2) is 6.53. The summed E-state index contributed by atoms with van der Waals surface area (Å²) >= 11 is 0. The molecule has 24 heavy (non-hydrogen) atoms. The van der Waals surface area contributed by atoms with Gasteiger partial charge >= 0.3 is 0 Å². The first-order valence-electron chi connectivity index (χ1n) is 8.15. The summed E-state index contributed by atoms with van der Waals surface area (Å²) in [5.41, 5.74) is 1.38. The van der Waals surface area contributed by atoms with Crippen molar-refractivity contribution < 1.29 is 4.79 Å². The molecule has 2 aliphatic heterocycles. The van der Waals surface area contributed by atoms with Crippen LogP contribution in [0, 0.1) is 6.92 Å². The molecule has 2 atom stereocenters. The molecule has 0 aliphatic carbocycles. The second-order valence-corrected chi connectivity index (χ2v) is 6.69. The molecular formula is C17H21ClN4O2. The molecule has 2 bridgehead atoms. The van der Waals surface area contributed by atoms with E-state index in [0.717, 1.165) is 18.4 Å². The fourth-order valence-corrected chi connectivity index (χ4v) is 3.77. The molecular weight excluding hydrogens is 328 g/mol. The fraction of sp³-hybridized carbons (Fsp3) is 0.471. The van der Waals surface area contributed by atoms with Crippen molar-refractivity contribution >= 4 is 24.0 Å². The van der Waals surface area contributed by atoms with Crippen LogP contribution in [0.25, 0.3) is 5.65 Å². The molecule has 2 N–H and O–H groups in total. The van der Waals surface area contributed by atoms with Crippen LogP contribution in [0.4, 0.5) is 0 Å². The van der Waals surface area contributed by atoms with Gasteiger partial charge in [0, 0.05) is 30.5 Å². The fourth-order valence-electron chi connectivity index (χ4n) is 3.77. The van der Waals surface area contributed by atoms with E-state index in [4.69, 9.17) is 0 Å². The van der Waals surface area contributed by atoms with Crippen molar-refractivity contribution in [3.05, 3.63) is 46.0 Å². The zero-order valence-corrected chi connectivity index (χ0v) is 14.3. The molecule has 0 spiro atoms. The normalized spacial score (nSPS) is 25.3. The molecule has 2 saturated heterocycles. The number of fused-ring (bicyclic) bond motifs is 3. The van der Waals surface area contributed by atoms with Gasteiger partial charge in [0.1, 0.15) is 11.2 Å².